The second kappa shape index (κ2) is 5.15. The molecule has 2 rings (SSSR count). The summed E-state index contributed by atoms with van der Waals surface area (Å²) in [6, 6.07) is 12.2. The van der Waals surface area contributed by atoms with E-state index in [0.717, 1.165) is 11.3 Å². The Hall–Kier alpha value is -1.61. The molecule has 0 aliphatic rings. The van der Waals surface area contributed by atoms with Crippen LogP contribution in [0, 0.1) is 0 Å². The van der Waals surface area contributed by atoms with Gasteiger partial charge in [-0.2, -0.15) is 0 Å². The largest absolute Gasteiger partial charge is 0.481 e. The van der Waals surface area contributed by atoms with Crippen molar-refractivity contribution in [1.82, 2.24) is 0 Å². The molecule has 1 heterocycles. The van der Waals surface area contributed by atoms with Gasteiger partial charge in [0.25, 0.3) is 0 Å². The minimum atomic E-state index is -0.766. The van der Waals surface area contributed by atoms with Crippen molar-refractivity contribution in [3.05, 3.63) is 57.8 Å². The molecule has 0 bridgehead atoms. The van der Waals surface area contributed by atoms with Gasteiger partial charge >= 0.3 is 5.97 Å². The maximum Gasteiger partial charge on any atom is 0.311 e. The molecule has 2 nitrogen and oxygen atoms in total. The Morgan fingerprint density at radius 1 is 1.29 bits per heavy atom. The highest BCUT2D eigenvalue weighted by Crippen LogP contribution is 2.25. The molecule has 0 fully saturated rings. The van der Waals surface area contributed by atoms with Crippen LogP contribution in [0.2, 0.25) is 0 Å². The SMILES string of the molecule is CC(C(=O)O)c1cc(Cc2ccccc2)cs1. The number of carboxylic acid groups (broad SMARTS) is 1. The quantitative estimate of drug-likeness (QED) is 0.896. The number of carbonyl (C=O) groups is 1. The van der Waals surface area contributed by atoms with Crippen LogP contribution in [0.3, 0.4) is 0 Å². The third-order valence-corrected chi connectivity index (χ3v) is 3.89. The fraction of sp³-hybridized carbons (Fsp3) is 0.214. The van der Waals surface area contributed by atoms with E-state index in [2.05, 4.69) is 12.1 Å². The van der Waals surface area contributed by atoms with E-state index < -0.39 is 11.9 Å². The summed E-state index contributed by atoms with van der Waals surface area (Å²) in [4.78, 5) is 11.8. The van der Waals surface area contributed by atoms with Gasteiger partial charge in [0.1, 0.15) is 0 Å². The average molecular weight is 246 g/mol. The zero-order valence-electron chi connectivity index (χ0n) is 9.59. The van der Waals surface area contributed by atoms with Crippen molar-refractivity contribution < 1.29 is 9.90 Å². The maximum atomic E-state index is 10.9. The highest BCUT2D eigenvalue weighted by Gasteiger charge is 2.15. The number of hydrogen-bond acceptors (Lipinski definition) is 2. The number of thiophene rings is 1. The number of carboxylic acids is 1. The van der Waals surface area contributed by atoms with Crippen molar-refractivity contribution in [2.45, 2.75) is 19.3 Å². The molecule has 2 aromatic rings. The molecule has 1 unspecified atom stereocenters. The molecule has 3 heteroatoms. The van der Waals surface area contributed by atoms with Crippen LogP contribution in [0.5, 0.6) is 0 Å². The second-order valence-corrected chi connectivity index (χ2v) is 5.02. The molecular formula is C14H14O2S. The van der Waals surface area contributed by atoms with Gasteiger partial charge in [0.2, 0.25) is 0 Å². The van der Waals surface area contributed by atoms with Crippen LogP contribution in [0.1, 0.15) is 28.8 Å². The Labute approximate surface area is 105 Å². The predicted molar refractivity (Wildman–Crippen MR) is 69.6 cm³/mol. The Morgan fingerprint density at radius 3 is 2.65 bits per heavy atom. The summed E-state index contributed by atoms with van der Waals surface area (Å²) in [5.41, 5.74) is 2.43. The zero-order valence-corrected chi connectivity index (χ0v) is 10.4. The number of rotatable bonds is 4. The Morgan fingerprint density at radius 2 is 2.00 bits per heavy atom. The van der Waals surface area contributed by atoms with Gasteiger partial charge in [0.05, 0.1) is 5.92 Å². The van der Waals surface area contributed by atoms with Crippen molar-refractivity contribution >= 4 is 17.3 Å². The first-order valence-corrected chi connectivity index (χ1v) is 6.39. The van der Waals surface area contributed by atoms with Gasteiger partial charge in [0, 0.05) is 4.88 Å². The highest BCUT2D eigenvalue weighted by molar-refractivity contribution is 7.10. The van der Waals surface area contributed by atoms with Crippen molar-refractivity contribution in [1.29, 1.82) is 0 Å². The van der Waals surface area contributed by atoms with Gasteiger partial charge in [-0.05, 0) is 35.9 Å². The molecule has 0 radical (unpaired) electrons. The number of benzene rings is 1. The van der Waals surface area contributed by atoms with Crippen LogP contribution < -0.4 is 0 Å². The molecule has 0 aliphatic carbocycles. The van der Waals surface area contributed by atoms with Gasteiger partial charge in [-0.3, -0.25) is 4.79 Å². The maximum absolute atomic E-state index is 10.9. The average Bonchev–Trinajstić information content (AvgIpc) is 2.77. The molecule has 1 atom stereocenters. The lowest BCUT2D eigenvalue weighted by molar-refractivity contribution is -0.138. The van der Waals surface area contributed by atoms with Gasteiger partial charge in [0.15, 0.2) is 0 Å². The molecule has 1 aromatic carbocycles. The third kappa shape index (κ3) is 2.94. The molecule has 1 aromatic heterocycles. The smallest absolute Gasteiger partial charge is 0.311 e. The van der Waals surface area contributed by atoms with E-state index in [-0.39, 0.29) is 0 Å². The summed E-state index contributed by atoms with van der Waals surface area (Å²) >= 11 is 1.52. The minimum Gasteiger partial charge on any atom is -0.481 e. The molecule has 0 saturated heterocycles. The predicted octanol–water partition coefficient (Wildman–Crippen LogP) is 3.53. The Kier molecular flexibility index (Phi) is 3.59. The summed E-state index contributed by atoms with van der Waals surface area (Å²) in [7, 11) is 0. The van der Waals surface area contributed by atoms with Crippen molar-refractivity contribution in [2.75, 3.05) is 0 Å². The third-order valence-electron chi connectivity index (χ3n) is 2.72. The van der Waals surface area contributed by atoms with Crippen LogP contribution >= 0.6 is 11.3 Å². The van der Waals surface area contributed by atoms with E-state index in [4.69, 9.17) is 5.11 Å². The number of hydrogen-bond donors (Lipinski definition) is 1. The van der Waals surface area contributed by atoms with Gasteiger partial charge in [-0.15, -0.1) is 11.3 Å². The molecule has 17 heavy (non-hydrogen) atoms. The monoisotopic (exact) mass is 246 g/mol. The Balaban J connectivity index is 2.11. The minimum absolute atomic E-state index is 0.412. The van der Waals surface area contributed by atoms with Crippen LogP contribution in [0.25, 0.3) is 0 Å². The van der Waals surface area contributed by atoms with Crippen LogP contribution in [-0.2, 0) is 11.2 Å². The lowest BCUT2D eigenvalue weighted by Gasteiger charge is -2.01. The fourth-order valence-electron chi connectivity index (χ4n) is 1.67. The normalized spacial score (nSPS) is 12.3. The lowest BCUT2D eigenvalue weighted by Crippen LogP contribution is -2.05. The summed E-state index contributed by atoms with van der Waals surface area (Å²) in [6.07, 6.45) is 0.865. The van der Waals surface area contributed by atoms with Gasteiger partial charge in [-0.1, -0.05) is 30.3 Å². The molecule has 0 spiro atoms. The van der Waals surface area contributed by atoms with E-state index in [1.807, 2.05) is 29.6 Å². The van der Waals surface area contributed by atoms with Gasteiger partial charge < -0.3 is 5.11 Å². The van der Waals surface area contributed by atoms with E-state index in [1.165, 1.54) is 22.5 Å². The second-order valence-electron chi connectivity index (χ2n) is 4.08. The van der Waals surface area contributed by atoms with E-state index in [9.17, 15) is 4.79 Å². The van der Waals surface area contributed by atoms with Crippen molar-refractivity contribution in [3.63, 3.8) is 0 Å². The van der Waals surface area contributed by atoms with Crippen LogP contribution in [0.15, 0.2) is 41.8 Å². The first-order chi connectivity index (χ1) is 8.16. The lowest BCUT2D eigenvalue weighted by atomic mass is 10.1. The van der Waals surface area contributed by atoms with Crippen molar-refractivity contribution in [3.8, 4) is 0 Å². The molecule has 0 aliphatic heterocycles. The fourth-order valence-corrected chi connectivity index (χ4v) is 2.63. The first kappa shape index (κ1) is 11.9. The van der Waals surface area contributed by atoms with Crippen LogP contribution in [-0.4, -0.2) is 11.1 Å². The first-order valence-electron chi connectivity index (χ1n) is 5.51. The van der Waals surface area contributed by atoms with E-state index >= 15 is 0 Å². The standard InChI is InChI=1S/C14H14O2S/c1-10(14(15)16)13-8-12(9-17-13)7-11-5-3-2-4-6-11/h2-6,8-10H,7H2,1H3,(H,15,16). The highest BCUT2D eigenvalue weighted by atomic mass is 32.1. The zero-order chi connectivity index (χ0) is 12.3. The number of aliphatic carboxylic acids is 1. The van der Waals surface area contributed by atoms with Crippen molar-refractivity contribution in [2.24, 2.45) is 0 Å². The topological polar surface area (TPSA) is 37.3 Å². The molecule has 0 saturated carbocycles. The van der Waals surface area contributed by atoms with Gasteiger partial charge in [-0.25, -0.2) is 0 Å². The molecule has 1 N–H and O–H groups in total. The summed E-state index contributed by atoms with van der Waals surface area (Å²) in [5, 5.41) is 11.0. The molecule has 0 amide bonds. The van der Waals surface area contributed by atoms with E-state index in [0.29, 0.717) is 0 Å². The van der Waals surface area contributed by atoms with E-state index in [1.54, 1.807) is 6.92 Å². The molecular weight excluding hydrogens is 232 g/mol. The summed E-state index contributed by atoms with van der Waals surface area (Å²) in [6.45, 7) is 1.72. The summed E-state index contributed by atoms with van der Waals surface area (Å²) < 4.78 is 0. The molecule has 88 valence electrons. The summed E-state index contributed by atoms with van der Waals surface area (Å²) in [5.74, 6) is -1.18. The Bertz CT molecular complexity index is 502. The van der Waals surface area contributed by atoms with Crippen LogP contribution in [0.4, 0.5) is 0 Å².